The van der Waals surface area contributed by atoms with Gasteiger partial charge in [-0.25, -0.2) is 23.1 Å². The van der Waals surface area contributed by atoms with E-state index in [1.165, 1.54) is 22.8 Å². The van der Waals surface area contributed by atoms with E-state index in [9.17, 15) is 19.1 Å². The Morgan fingerprint density at radius 3 is 2.48 bits per heavy atom. The number of carbonyl (C=O) groups is 1. The first kappa shape index (κ1) is 36.3. The second-order valence-corrected chi connectivity index (χ2v) is 10.4. The second kappa shape index (κ2) is 14.3. The Kier molecular flexibility index (Phi) is 11.8. The van der Waals surface area contributed by atoms with Crippen molar-refractivity contribution < 1.29 is 18.7 Å². The van der Waals surface area contributed by atoms with Crippen LogP contribution < -0.4 is 10.6 Å². The van der Waals surface area contributed by atoms with Crippen LogP contribution in [0.5, 0.6) is 5.75 Å². The largest absolute Gasteiger partial charge is 0.507 e. The first-order valence-electron chi connectivity index (χ1n) is 13.3. The molecule has 44 heavy (non-hydrogen) atoms. The number of benzene rings is 1. The number of hydrogen-bond acceptors (Lipinski definition) is 7. The molecule has 1 aliphatic rings. The van der Waals surface area contributed by atoms with Crippen LogP contribution in [-0.4, -0.2) is 61.1 Å². The molecule has 1 saturated heterocycles. The van der Waals surface area contributed by atoms with Gasteiger partial charge in [0.15, 0.2) is 11.5 Å². The van der Waals surface area contributed by atoms with Gasteiger partial charge in [-0.3, -0.25) is 9.78 Å². The third-order valence-corrected chi connectivity index (χ3v) is 7.34. The number of phenolic OH excluding ortho intramolecular Hbond substituents is 1. The van der Waals surface area contributed by atoms with E-state index < -0.39 is 34.3 Å². The molecule has 236 valence electrons. The predicted octanol–water partition coefficient (Wildman–Crippen LogP) is 5.29. The Bertz CT molecular complexity index is 1750. The molecule has 13 heteroatoms. The number of nitrogens with zero attached hydrogens (tertiary/aromatic N) is 6. The minimum atomic E-state index is -0.897. The number of phenols is 1. The topological polar surface area (TPSA) is 104 Å². The molecular weight excluding hydrogens is 605 g/mol. The van der Waals surface area contributed by atoms with Gasteiger partial charge in [0, 0.05) is 31.9 Å². The van der Waals surface area contributed by atoms with Crippen LogP contribution in [0.4, 0.5) is 14.6 Å². The number of hydrogen-bond donors (Lipinski definition) is 1. The number of aromatic hydroxyl groups is 1. The summed E-state index contributed by atoms with van der Waals surface area (Å²) in [5.74, 6) is -2.35. The average Bonchev–Trinajstić information content (AvgIpc) is 2.93. The van der Waals surface area contributed by atoms with E-state index >= 15 is 4.39 Å². The van der Waals surface area contributed by atoms with Gasteiger partial charge in [0.05, 0.1) is 22.3 Å². The summed E-state index contributed by atoms with van der Waals surface area (Å²) in [5, 5.41) is 10.7. The van der Waals surface area contributed by atoms with Crippen LogP contribution >= 0.6 is 23.4 Å². The van der Waals surface area contributed by atoms with Crippen molar-refractivity contribution in [1.82, 2.24) is 24.4 Å². The van der Waals surface area contributed by atoms with Gasteiger partial charge in [0.1, 0.15) is 23.1 Å². The van der Waals surface area contributed by atoms with Gasteiger partial charge in [0.2, 0.25) is 5.91 Å². The molecule has 0 radical (unpaired) electrons. The number of piperazine rings is 1. The van der Waals surface area contributed by atoms with Crippen LogP contribution in [0.25, 0.3) is 28.0 Å². The van der Waals surface area contributed by atoms with Crippen LogP contribution in [0.1, 0.15) is 45.4 Å². The summed E-state index contributed by atoms with van der Waals surface area (Å²) < 4.78 is 32.0. The number of pyridine rings is 2. The zero-order valence-corrected chi connectivity index (χ0v) is 26.8. The van der Waals surface area contributed by atoms with Gasteiger partial charge >= 0.3 is 5.69 Å². The molecule has 1 amide bonds. The molecule has 0 spiro atoms. The van der Waals surface area contributed by atoms with Crippen molar-refractivity contribution in [2.75, 3.05) is 24.5 Å². The molecule has 1 N–H and O–H groups in total. The zero-order chi connectivity index (χ0) is 29.6. The lowest BCUT2D eigenvalue weighted by Crippen LogP contribution is -2.54. The van der Waals surface area contributed by atoms with Crippen LogP contribution in [-0.2, 0) is 4.79 Å². The maximum Gasteiger partial charge on any atom is 0.355 e. The fourth-order valence-corrected chi connectivity index (χ4v) is 5.33. The molecule has 0 aliphatic carbocycles. The molecule has 1 aliphatic heterocycles. The molecule has 3 aromatic heterocycles. The van der Waals surface area contributed by atoms with Crippen molar-refractivity contribution in [3.63, 3.8) is 0 Å². The van der Waals surface area contributed by atoms with E-state index in [0.29, 0.717) is 36.6 Å². The average molecular weight is 645 g/mol. The minimum Gasteiger partial charge on any atom is -0.507 e. The van der Waals surface area contributed by atoms with E-state index in [1.54, 1.807) is 17.2 Å². The molecule has 0 saturated carbocycles. The molecule has 1 unspecified atom stereocenters. The van der Waals surface area contributed by atoms with E-state index in [-0.39, 0.29) is 65.5 Å². The van der Waals surface area contributed by atoms with E-state index in [1.807, 2.05) is 32.6 Å². The van der Waals surface area contributed by atoms with Crippen LogP contribution in [0.3, 0.4) is 0 Å². The van der Waals surface area contributed by atoms with Gasteiger partial charge in [-0.2, -0.15) is 28.4 Å². The summed E-state index contributed by atoms with van der Waals surface area (Å²) in [4.78, 5) is 43.0. The van der Waals surface area contributed by atoms with Crippen molar-refractivity contribution >= 4 is 46.2 Å². The number of aromatic nitrogens is 4. The summed E-state index contributed by atoms with van der Waals surface area (Å²) in [6.07, 6.45) is 2.89. The van der Waals surface area contributed by atoms with Gasteiger partial charge in [-0.05, 0) is 55.7 Å². The van der Waals surface area contributed by atoms with E-state index in [2.05, 4.69) is 21.5 Å². The summed E-state index contributed by atoms with van der Waals surface area (Å²) in [7, 11) is 0. The Labute approximate surface area is 265 Å². The Hall–Kier alpha value is -3.89. The Balaban J connectivity index is 0.00000225. The molecule has 1 aromatic carbocycles. The minimum absolute atomic E-state index is 0. The van der Waals surface area contributed by atoms with Gasteiger partial charge in [-0.15, -0.1) is 0 Å². The maximum absolute atomic E-state index is 15.8. The lowest BCUT2D eigenvalue weighted by molar-refractivity contribution is -0.126. The molecular formula is C31H39F2N6O3PS. The molecule has 4 heterocycles. The quantitative estimate of drug-likeness (QED) is 0.233. The number of fused-ring (bicyclic) bond motifs is 1. The number of rotatable bonds is 5. The number of carbonyl (C=O) groups excluding carboxylic acids is 1. The number of aryl methyl sites for hydroxylation is 1. The number of anilines is 1. The SMILES string of the molecule is C.C=CC(=O)N1CCN(c2nc(=O)n(-c3c(C)ccnc3C(C)C)c3nc(-c4c(O)cccc4F)c(F)cc23)[C@@H](C)C1.P.S. The highest BCUT2D eigenvalue weighted by atomic mass is 32.1. The third kappa shape index (κ3) is 6.32. The predicted molar refractivity (Wildman–Crippen MR) is 181 cm³/mol. The number of amides is 1. The Morgan fingerprint density at radius 2 is 1.86 bits per heavy atom. The normalized spacial score (nSPS) is 14.5. The van der Waals surface area contributed by atoms with Crippen molar-refractivity contribution in [2.24, 2.45) is 0 Å². The third-order valence-electron chi connectivity index (χ3n) is 7.34. The fraction of sp³-hybridized carbons (Fsp3) is 0.323. The summed E-state index contributed by atoms with van der Waals surface area (Å²) in [5.41, 5.74) is 0.275. The van der Waals surface area contributed by atoms with Crippen LogP contribution in [0, 0.1) is 18.6 Å². The molecule has 2 atom stereocenters. The Morgan fingerprint density at radius 1 is 1.16 bits per heavy atom. The van der Waals surface area contributed by atoms with Crippen LogP contribution in [0.2, 0.25) is 0 Å². The highest BCUT2D eigenvalue weighted by Gasteiger charge is 2.31. The van der Waals surface area contributed by atoms with Gasteiger partial charge < -0.3 is 14.9 Å². The fourth-order valence-electron chi connectivity index (χ4n) is 5.33. The first-order valence-corrected chi connectivity index (χ1v) is 13.3. The first-order chi connectivity index (χ1) is 19.5. The molecule has 5 rings (SSSR count). The van der Waals surface area contributed by atoms with E-state index in [0.717, 1.165) is 12.1 Å². The smallest absolute Gasteiger partial charge is 0.355 e. The molecule has 9 nitrogen and oxygen atoms in total. The number of halogens is 2. The van der Waals surface area contributed by atoms with Gasteiger partial charge in [-0.1, -0.05) is 33.9 Å². The van der Waals surface area contributed by atoms with Crippen molar-refractivity contribution in [3.05, 3.63) is 82.6 Å². The summed E-state index contributed by atoms with van der Waals surface area (Å²) in [6, 6.07) is 6.27. The van der Waals surface area contributed by atoms with Crippen LogP contribution in [0.15, 0.2) is 54.0 Å². The molecule has 4 aromatic rings. The highest BCUT2D eigenvalue weighted by molar-refractivity contribution is 7.59. The van der Waals surface area contributed by atoms with Gasteiger partial charge in [0.25, 0.3) is 0 Å². The molecule has 1 fully saturated rings. The molecule has 0 bridgehead atoms. The van der Waals surface area contributed by atoms with Crippen molar-refractivity contribution in [3.8, 4) is 22.7 Å². The second-order valence-electron chi connectivity index (χ2n) is 10.4. The van der Waals surface area contributed by atoms with Crippen molar-refractivity contribution in [2.45, 2.75) is 47.1 Å². The summed E-state index contributed by atoms with van der Waals surface area (Å²) >= 11 is 0. The monoisotopic (exact) mass is 644 g/mol. The lowest BCUT2D eigenvalue weighted by Gasteiger charge is -2.40. The highest BCUT2D eigenvalue weighted by Crippen LogP contribution is 2.36. The van der Waals surface area contributed by atoms with Crippen molar-refractivity contribution in [1.29, 1.82) is 0 Å². The lowest BCUT2D eigenvalue weighted by atomic mass is 10.0. The van der Waals surface area contributed by atoms with E-state index in [4.69, 9.17) is 0 Å². The standard InChI is InChI=1S/C30H30F2N6O3.CH4.H3P.H2S/c1-6-23(40)36-12-13-37(18(5)15-36)28-19-14-21(32)26(24-20(31)8-7-9-22(24)39)34-29(19)38(30(41)35-28)27-17(4)10-11-33-25(27)16(2)3;;;/h6-11,14,16,18,39H,1,12-13,15H2,2-5H3;1H4;1H3;1H2/t18-;;;/m0.../s1. The summed E-state index contributed by atoms with van der Waals surface area (Å²) in [6.45, 7) is 12.1. The maximum atomic E-state index is 15.8. The zero-order valence-electron chi connectivity index (χ0n) is 24.4.